The van der Waals surface area contributed by atoms with Gasteiger partial charge in [-0.3, -0.25) is 9.59 Å². The maximum atomic E-state index is 13.0. The van der Waals surface area contributed by atoms with E-state index in [9.17, 15) is 9.59 Å². The first-order chi connectivity index (χ1) is 14.7. The fourth-order valence-corrected chi connectivity index (χ4v) is 4.09. The monoisotopic (exact) mass is 408 g/mol. The molecule has 0 bridgehead atoms. The number of nitrogens with zero attached hydrogens (tertiary/aromatic N) is 3. The van der Waals surface area contributed by atoms with E-state index in [1.54, 1.807) is 12.3 Å². The molecule has 2 aromatic rings. The summed E-state index contributed by atoms with van der Waals surface area (Å²) in [5.41, 5.74) is 0.528. The minimum Gasteiger partial charge on any atom is -0.491 e. The molecule has 3 heterocycles. The van der Waals surface area contributed by atoms with Gasteiger partial charge in [0.1, 0.15) is 18.2 Å². The SMILES string of the molecule is O=C(N[C@H]1CCCN(c2ccccn2)C1)c1ccccc1OCCN1CCCC1=O. The second kappa shape index (κ2) is 9.61. The van der Waals surface area contributed by atoms with Gasteiger partial charge in [-0.05, 0) is 43.5 Å². The summed E-state index contributed by atoms with van der Waals surface area (Å²) in [6.45, 7) is 3.41. The molecule has 1 atom stereocenters. The molecule has 158 valence electrons. The minimum atomic E-state index is -0.129. The number of rotatable bonds is 7. The summed E-state index contributed by atoms with van der Waals surface area (Å²) < 4.78 is 5.87. The molecule has 30 heavy (non-hydrogen) atoms. The molecule has 2 fully saturated rings. The molecular weight excluding hydrogens is 380 g/mol. The maximum Gasteiger partial charge on any atom is 0.255 e. The van der Waals surface area contributed by atoms with Crippen molar-refractivity contribution in [2.45, 2.75) is 31.7 Å². The molecule has 1 aromatic heterocycles. The third kappa shape index (κ3) is 4.90. The van der Waals surface area contributed by atoms with Crippen molar-refractivity contribution < 1.29 is 14.3 Å². The summed E-state index contributed by atoms with van der Waals surface area (Å²) in [7, 11) is 0. The number of carbonyl (C=O) groups excluding carboxylic acids is 2. The number of hydrogen-bond acceptors (Lipinski definition) is 5. The molecule has 4 rings (SSSR count). The lowest BCUT2D eigenvalue weighted by atomic mass is 10.0. The van der Waals surface area contributed by atoms with Crippen molar-refractivity contribution in [2.75, 3.05) is 37.7 Å². The fraction of sp³-hybridized carbons (Fsp3) is 0.435. The second-order valence-electron chi connectivity index (χ2n) is 7.78. The van der Waals surface area contributed by atoms with Crippen LogP contribution in [-0.2, 0) is 4.79 Å². The Morgan fingerprint density at radius 2 is 2.00 bits per heavy atom. The van der Waals surface area contributed by atoms with E-state index in [1.807, 2.05) is 41.3 Å². The lowest BCUT2D eigenvalue weighted by molar-refractivity contribution is -0.128. The van der Waals surface area contributed by atoms with Crippen molar-refractivity contribution in [3.8, 4) is 5.75 Å². The van der Waals surface area contributed by atoms with Crippen LogP contribution in [-0.4, -0.2) is 60.5 Å². The van der Waals surface area contributed by atoms with E-state index in [1.165, 1.54) is 0 Å². The Morgan fingerprint density at radius 3 is 2.80 bits per heavy atom. The van der Waals surface area contributed by atoms with Gasteiger partial charge in [-0.15, -0.1) is 0 Å². The molecule has 1 aromatic carbocycles. The van der Waals surface area contributed by atoms with Gasteiger partial charge < -0.3 is 19.9 Å². The number of hydrogen-bond donors (Lipinski definition) is 1. The van der Waals surface area contributed by atoms with Crippen LogP contribution >= 0.6 is 0 Å². The molecule has 7 heteroatoms. The lowest BCUT2D eigenvalue weighted by Crippen LogP contribution is -2.48. The number of pyridine rings is 1. The fourth-order valence-electron chi connectivity index (χ4n) is 4.09. The largest absolute Gasteiger partial charge is 0.491 e. The summed E-state index contributed by atoms with van der Waals surface area (Å²) in [4.78, 5) is 33.2. The van der Waals surface area contributed by atoms with Crippen LogP contribution in [0.2, 0.25) is 0 Å². The summed E-state index contributed by atoms with van der Waals surface area (Å²) in [6, 6.07) is 13.2. The van der Waals surface area contributed by atoms with Crippen LogP contribution < -0.4 is 15.0 Å². The lowest BCUT2D eigenvalue weighted by Gasteiger charge is -2.34. The number of para-hydroxylation sites is 1. The first-order valence-corrected chi connectivity index (χ1v) is 10.7. The molecular formula is C23H28N4O3. The van der Waals surface area contributed by atoms with Gasteiger partial charge in [0, 0.05) is 38.3 Å². The van der Waals surface area contributed by atoms with Crippen LogP contribution in [0.1, 0.15) is 36.0 Å². The zero-order valence-corrected chi connectivity index (χ0v) is 17.1. The number of ether oxygens (including phenoxy) is 1. The maximum absolute atomic E-state index is 13.0. The van der Waals surface area contributed by atoms with Crippen molar-refractivity contribution in [3.63, 3.8) is 0 Å². The molecule has 2 amide bonds. The van der Waals surface area contributed by atoms with Crippen LogP contribution in [0.25, 0.3) is 0 Å². The first-order valence-electron chi connectivity index (χ1n) is 10.7. The molecule has 1 N–H and O–H groups in total. The predicted molar refractivity (Wildman–Crippen MR) is 115 cm³/mol. The van der Waals surface area contributed by atoms with Crippen molar-refractivity contribution in [2.24, 2.45) is 0 Å². The highest BCUT2D eigenvalue weighted by molar-refractivity contribution is 5.97. The van der Waals surface area contributed by atoms with Crippen LogP contribution in [0, 0.1) is 0 Å². The van der Waals surface area contributed by atoms with Crippen LogP contribution in [0.5, 0.6) is 5.75 Å². The van der Waals surface area contributed by atoms with Crippen LogP contribution in [0.3, 0.4) is 0 Å². The van der Waals surface area contributed by atoms with Gasteiger partial charge >= 0.3 is 0 Å². The quantitative estimate of drug-likeness (QED) is 0.762. The van der Waals surface area contributed by atoms with Gasteiger partial charge in [-0.2, -0.15) is 0 Å². The Hall–Kier alpha value is -3.09. The molecule has 2 aliphatic heterocycles. The number of aromatic nitrogens is 1. The van der Waals surface area contributed by atoms with Gasteiger partial charge in [0.25, 0.3) is 5.91 Å². The molecule has 0 unspecified atom stereocenters. The van der Waals surface area contributed by atoms with E-state index in [2.05, 4.69) is 15.2 Å². The van der Waals surface area contributed by atoms with Crippen molar-refractivity contribution in [1.82, 2.24) is 15.2 Å². The molecule has 7 nitrogen and oxygen atoms in total. The van der Waals surface area contributed by atoms with Crippen molar-refractivity contribution in [3.05, 3.63) is 54.2 Å². The highest BCUT2D eigenvalue weighted by atomic mass is 16.5. The minimum absolute atomic E-state index is 0.0588. The Morgan fingerprint density at radius 1 is 1.13 bits per heavy atom. The third-order valence-corrected chi connectivity index (χ3v) is 5.65. The van der Waals surface area contributed by atoms with E-state index in [0.29, 0.717) is 30.9 Å². The van der Waals surface area contributed by atoms with Crippen molar-refractivity contribution in [1.29, 1.82) is 0 Å². The summed E-state index contributed by atoms with van der Waals surface area (Å²) in [6.07, 6.45) is 5.27. The third-order valence-electron chi connectivity index (χ3n) is 5.65. The van der Waals surface area contributed by atoms with E-state index >= 15 is 0 Å². The van der Waals surface area contributed by atoms with Crippen LogP contribution in [0.4, 0.5) is 5.82 Å². The number of likely N-dealkylation sites (tertiary alicyclic amines) is 1. The average molecular weight is 409 g/mol. The van der Waals surface area contributed by atoms with E-state index in [0.717, 1.165) is 44.7 Å². The topological polar surface area (TPSA) is 74.8 Å². The Kier molecular flexibility index (Phi) is 6.47. The zero-order chi connectivity index (χ0) is 20.8. The first kappa shape index (κ1) is 20.2. The molecule has 0 aliphatic carbocycles. The summed E-state index contributed by atoms with van der Waals surface area (Å²) in [5.74, 6) is 1.55. The van der Waals surface area contributed by atoms with E-state index in [4.69, 9.17) is 4.74 Å². The van der Waals surface area contributed by atoms with Gasteiger partial charge in [-0.25, -0.2) is 4.98 Å². The summed E-state index contributed by atoms with van der Waals surface area (Å²) >= 11 is 0. The normalized spacial score (nSPS) is 19.1. The zero-order valence-electron chi connectivity index (χ0n) is 17.1. The molecule has 2 aliphatic rings. The predicted octanol–water partition coefficient (Wildman–Crippen LogP) is 2.48. The van der Waals surface area contributed by atoms with Gasteiger partial charge in [0.05, 0.1) is 12.1 Å². The number of amides is 2. The molecule has 0 spiro atoms. The van der Waals surface area contributed by atoms with Gasteiger partial charge in [0.15, 0.2) is 0 Å². The van der Waals surface area contributed by atoms with Crippen molar-refractivity contribution >= 4 is 17.6 Å². The smallest absolute Gasteiger partial charge is 0.255 e. The molecule has 0 saturated carbocycles. The number of carbonyl (C=O) groups is 2. The van der Waals surface area contributed by atoms with Crippen LogP contribution in [0.15, 0.2) is 48.7 Å². The summed E-state index contributed by atoms with van der Waals surface area (Å²) in [5, 5.41) is 3.16. The van der Waals surface area contributed by atoms with Gasteiger partial charge in [0.2, 0.25) is 5.91 Å². The van der Waals surface area contributed by atoms with E-state index in [-0.39, 0.29) is 17.9 Å². The van der Waals surface area contributed by atoms with Gasteiger partial charge in [-0.1, -0.05) is 18.2 Å². The standard InChI is InChI=1S/C23H28N4O3/c28-22-11-6-13-26(22)15-16-30-20-9-2-1-8-19(20)23(29)25-18-7-5-14-27(17-18)21-10-3-4-12-24-21/h1-4,8-10,12,18H,5-7,11,13-17H2,(H,25,29)/t18-/m0/s1. The Labute approximate surface area is 177 Å². The van der Waals surface area contributed by atoms with E-state index < -0.39 is 0 Å². The number of anilines is 1. The molecule has 2 saturated heterocycles. The molecule has 0 radical (unpaired) electrons. The highest BCUT2D eigenvalue weighted by Gasteiger charge is 2.24. The highest BCUT2D eigenvalue weighted by Crippen LogP contribution is 2.21. The number of benzene rings is 1. The number of nitrogens with one attached hydrogen (secondary N) is 1. The number of piperidine rings is 1. The average Bonchev–Trinajstić information content (AvgIpc) is 3.19. The Balaban J connectivity index is 1.34. The second-order valence-corrected chi connectivity index (χ2v) is 7.78. The Bertz CT molecular complexity index is 874.